The Bertz CT molecular complexity index is 1040. The number of nitrogens with two attached hydrogens (primary N) is 1. The molecule has 3 N–H and O–H groups in total. The van der Waals surface area contributed by atoms with E-state index in [0.29, 0.717) is 25.2 Å². The van der Waals surface area contributed by atoms with Crippen LogP contribution in [0, 0.1) is 17.2 Å². The number of carbonyl (C=O) groups excluding carboxylic acids is 2. The topological polar surface area (TPSA) is 138 Å². The van der Waals surface area contributed by atoms with Gasteiger partial charge in [-0.25, -0.2) is 4.98 Å². The maximum atomic E-state index is 12.7. The molecule has 1 aromatic heterocycles. The number of likely N-dealkylation sites (tertiary alicyclic amines) is 1. The predicted molar refractivity (Wildman–Crippen MR) is 116 cm³/mol. The zero-order valence-corrected chi connectivity index (χ0v) is 17.6. The molecule has 9 nitrogen and oxygen atoms in total. The van der Waals surface area contributed by atoms with Crippen molar-refractivity contribution in [2.45, 2.75) is 18.9 Å². The molecular weight excluding hydrogens is 416 g/mol. The molecule has 0 spiro atoms. The molecule has 1 saturated heterocycles. The Balaban J connectivity index is 1.30. The van der Waals surface area contributed by atoms with Crippen molar-refractivity contribution in [3.63, 3.8) is 0 Å². The van der Waals surface area contributed by atoms with Crippen molar-refractivity contribution in [1.29, 1.82) is 5.26 Å². The monoisotopic (exact) mass is 438 g/mol. The molecule has 10 heteroatoms. The average Bonchev–Trinajstić information content (AvgIpc) is 3.46. The van der Waals surface area contributed by atoms with E-state index in [1.165, 1.54) is 6.20 Å². The number of anilines is 1. The first kappa shape index (κ1) is 20.9. The Labute approximate surface area is 183 Å². The molecule has 0 bridgehead atoms. The van der Waals surface area contributed by atoms with Gasteiger partial charge < -0.3 is 20.4 Å². The SMILES string of the molecule is N#Cc1ccc(C2CSC(CNC(=O)C3CCCN(C(=O)c4cnc(N)o4)C3)=N2)cc1. The van der Waals surface area contributed by atoms with Crippen LogP contribution in [0.2, 0.25) is 0 Å². The van der Waals surface area contributed by atoms with Crippen LogP contribution in [0.25, 0.3) is 0 Å². The van der Waals surface area contributed by atoms with Crippen molar-refractivity contribution in [1.82, 2.24) is 15.2 Å². The highest BCUT2D eigenvalue weighted by Gasteiger charge is 2.30. The van der Waals surface area contributed by atoms with Crippen LogP contribution in [-0.2, 0) is 4.79 Å². The lowest BCUT2D eigenvalue weighted by molar-refractivity contribution is -0.126. The summed E-state index contributed by atoms with van der Waals surface area (Å²) in [6, 6.07) is 9.51. The lowest BCUT2D eigenvalue weighted by atomic mass is 9.97. The van der Waals surface area contributed by atoms with Crippen LogP contribution in [0.4, 0.5) is 6.01 Å². The second-order valence-corrected chi connectivity index (χ2v) is 8.55. The van der Waals surface area contributed by atoms with Gasteiger partial charge in [0.1, 0.15) is 0 Å². The van der Waals surface area contributed by atoms with Crippen LogP contribution in [0.5, 0.6) is 0 Å². The van der Waals surface area contributed by atoms with Crippen LogP contribution in [0.3, 0.4) is 0 Å². The minimum Gasteiger partial charge on any atom is -0.418 e. The third-order valence-electron chi connectivity index (χ3n) is 5.36. The number of nitriles is 1. The molecular formula is C21H22N6O3S. The van der Waals surface area contributed by atoms with Crippen LogP contribution in [-0.4, -0.2) is 52.1 Å². The highest BCUT2D eigenvalue weighted by atomic mass is 32.2. The van der Waals surface area contributed by atoms with Crippen LogP contribution >= 0.6 is 11.8 Å². The third-order valence-corrected chi connectivity index (χ3v) is 6.43. The number of aromatic nitrogens is 1. The summed E-state index contributed by atoms with van der Waals surface area (Å²) in [6.45, 7) is 1.27. The third kappa shape index (κ3) is 4.88. The maximum absolute atomic E-state index is 12.7. The highest BCUT2D eigenvalue weighted by molar-refractivity contribution is 8.14. The van der Waals surface area contributed by atoms with E-state index in [1.807, 2.05) is 12.1 Å². The number of thioether (sulfide) groups is 1. The summed E-state index contributed by atoms with van der Waals surface area (Å²) >= 11 is 1.62. The van der Waals surface area contributed by atoms with Crippen LogP contribution in [0.1, 0.15) is 40.6 Å². The average molecular weight is 439 g/mol. The van der Waals surface area contributed by atoms with Crippen LogP contribution in [0.15, 0.2) is 39.9 Å². The Morgan fingerprint density at radius 2 is 2.16 bits per heavy atom. The Morgan fingerprint density at radius 3 is 2.87 bits per heavy atom. The lowest BCUT2D eigenvalue weighted by Gasteiger charge is -2.31. The van der Waals surface area contributed by atoms with Gasteiger partial charge in [-0.3, -0.25) is 14.6 Å². The number of hydrogen-bond donors (Lipinski definition) is 2. The van der Waals surface area contributed by atoms with Gasteiger partial charge in [-0.2, -0.15) is 5.26 Å². The van der Waals surface area contributed by atoms with Crippen molar-refractivity contribution in [3.05, 3.63) is 47.3 Å². The Hall–Kier alpha value is -3.32. The van der Waals surface area contributed by atoms with Gasteiger partial charge in [-0.15, -0.1) is 11.8 Å². The molecule has 2 aliphatic heterocycles. The number of carbonyl (C=O) groups is 2. The fourth-order valence-electron chi connectivity index (χ4n) is 3.70. The Kier molecular flexibility index (Phi) is 6.23. The molecule has 31 heavy (non-hydrogen) atoms. The van der Waals surface area contributed by atoms with Gasteiger partial charge in [0.2, 0.25) is 11.7 Å². The summed E-state index contributed by atoms with van der Waals surface area (Å²) in [5.74, 6) is 0.231. The number of aliphatic imine (C=N–C) groups is 1. The van der Waals surface area contributed by atoms with E-state index in [-0.39, 0.29) is 35.5 Å². The number of rotatable bonds is 5. The van der Waals surface area contributed by atoms with E-state index in [9.17, 15) is 9.59 Å². The lowest BCUT2D eigenvalue weighted by Crippen LogP contribution is -2.46. The summed E-state index contributed by atoms with van der Waals surface area (Å²) in [4.78, 5) is 35.3. The van der Waals surface area contributed by atoms with E-state index in [4.69, 9.17) is 20.4 Å². The summed E-state index contributed by atoms with van der Waals surface area (Å²) in [5, 5.41) is 12.8. The van der Waals surface area contributed by atoms with Crippen molar-refractivity contribution < 1.29 is 14.0 Å². The second-order valence-electron chi connectivity index (χ2n) is 7.45. The summed E-state index contributed by atoms with van der Waals surface area (Å²) in [6.07, 6.45) is 2.77. The number of amides is 2. The largest absolute Gasteiger partial charge is 0.418 e. The van der Waals surface area contributed by atoms with Gasteiger partial charge in [0.15, 0.2) is 0 Å². The number of piperidine rings is 1. The first-order valence-electron chi connectivity index (χ1n) is 10.0. The van der Waals surface area contributed by atoms with Gasteiger partial charge in [-0.1, -0.05) is 12.1 Å². The number of oxazole rings is 1. The van der Waals surface area contributed by atoms with Crippen molar-refractivity contribution in [2.24, 2.45) is 10.9 Å². The van der Waals surface area contributed by atoms with E-state index in [2.05, 4.69) is 16.4 Å². The standard InChI is InChI=1S/C21H22N6O3S/c22-8-13-3-5-14(6-4-13)16-12-31-18(26-16)10-24-19(28)15-2-1-7-27(11-15)20(29)17-9-25-21(23)30-17/h3-6,9,15-16H,1-2,7,10-12H2,(H2,23,25)(H,24,28). The number of nitrogens with one attached hydrogen (secondary N) is 1. The normalized spacial score (nSPS) is 20.7. The molecule has 2 aliphatic rings. The zero-order valence-electron chi connectivity index (χ0n) is 16.8. The van der Waals surface area contributed by atoms with Gasteiger partial charge in [0.25, 0.3) is 11.9 Å². The van der Waals surface area contributed by atoms with Crippen molar-refractivity contribution >= 4 is 34.6 Å². The summed E-state index contributed by atoms with van der Waals surface area (Å²) in [5.41, 5.74) is 7.12. The van der Waals surface area contributed by atoms with Gasteiger partial charge >= 0.3 is 0 Å². The first-order valence-corrected chi connectivity index (χ1v) is 11.0. The number of nitrogens with zero attached hydrogens (tertiary/aromatic N) is 4. The molecule has 2 unspecified atom stereocenters. The van der Waals surface area contributed by atoms with Gasteiger partial charge in [0.05, 0.1) is 41.4 Å². The summed E-state index contributed by atoms with van der Waals surface area (Å²) < 4.78 is 5.11. The zero-order chi connectivity index (χ0) is 21.8. The molecule has 0 saturated carbocycles. The van der Waals surface area contributed by atoms with Crippen molar-refractivity contribution in [2.75, 3.05) is 31.1 Å². The molecule has 4 rings (SSSR count). The molecule has 2 aromatic rings. The van der Waals surface area contributed by atoms with E-state index >= 15 is 0 Å². The highest BCUT2D eigenvalue weighted by Crippen LogP contribution is 2.30. The molecule has 0 radical (unpaired) electrons. The van der Waals surface area contributed by atoms with E-state index < -0.39 is 0 Å². The fourth-order valence-corrected chi connectivity index (χ4v) is 4.69. The minimum atomic E-state index is -0.303. The molecule has 2 amide bonds. The quantitative estimate of drug-likeness (QED) is 0.728. The second kappa shape index (κ2) is 9.22. The minimum absolute atomic E-state index is 0.0294. The Morgan fingerprint density at radius 1 is 1.35 bits per heavy atom. The smallest absolute Gasteiger partial charge is 0.292 e. The fraction of sp³-hybridized carbons (Fsp3) is 0.381. The molecule has 160 valence electrons. The number of nitrogen functional groups attached to an aromatic ring is 1. The molecule has 3 heterocycles. The van der Waals surface area contributed by atoms with Crippen molar-refractivity contribution in [3.8, 4) is 6.07 Å². The molecule has 1 fully saturated rings. The predicted octanol–water partition coefficient (Wildman–Crippen LogP) is 1.98. The van der Waals surface area contributed by atoms with Gasteiger partial charge in [0, 0.05) is 18.8 Å². The molecule has 2 atom stereocenters. The van der Waals surface area contributed by atoms with E-state index in [1.54, 1.807) is 28.8 Å². The molecule has 1 aromatic carbocycles. The number of hydrogen-bond acceptors (Lipinski definition) is 8. The molecule has 0 aliphatic carbocycles. The van der Waals surface area contributed by atoms with Gasteiger partial charge in [-0.05, 0) is 30.5 Å². The van der Waals surface area contributed by atoms with Crippen LogP contribution < -0.4 is 11.1 Å². The maximum Gasteiger partial charge on any atom is 0.292 e. The number of benzene rings is 1. The van der Waals surface area contributed by atoms with E-state index in [0.717, 1.165) is 29.2 Å². The first-order chi connectivity index (χ1) is 15.0. The summed E-state index contributed by atoms with van der Waals surface area (Å²) in [7, 11) is 0.